The summed E-state index contributed by atoms with van der Waals surface area (Å²) in [5.74, 6) is -1.57. The van der Waals surface area contributed by atoms with Crippen LogP contribution in [-0.2, 0) is 11.0 Å². The van der Waals surface area contributed by atoms with E-state index in [4.69, 9.17) is 10.4 Å². The van der Waals surface area contributed by atoms with Crippen molar-refractivity contribution >= 4 is 11.6 Å². The van der Waals surface area contributed by atoms with Gasteiger partial charge in [0.05, 0.1) is 11.7 Å². The Balaban J connectivity index is 2.90. The summed E-state index contributed by atoms with van der Waals surface area (Å²) in [6.07, 6.45) is -5.73. The molecule has 1 rings (SSSR count). The molecule has 1 aromatic rings. The number of aliphatic hydroxyl groups excluding tert-OH is 2. The molecule has 1 amide bonds. The maximum absolute atomic E-state index is 12.4. The molecule has 0 bridgehead atoms. The number of benzene rings is 1. The van der Waals surface area contributed by atoms with E-state index in [1.54, 1.807) is 0 Å². The van der Waals surface area contributed by atoms with Crippen LogP contribution < -0.4 is 5.32 Å². The third kappa shape index (κ3) is 4.79. The highest BCUT2D eigenvalue weighted by Crippen LogP contribution is 2.29. The molecule has 118 valence electrons. The van der Waals surface area contributed by atoms with E-state index in [1.165, 1.54) is 13.0 Å². The monoisotopic (exact) mass is 314 g/mol. The predicted octanol–water partition coefficient (Wildman–Crippen LogP) is 2.75. The lowest BCUT2D eigenvalue weighted by atomic mass is 10.1. The first kappa shape index (κ1) is 17.5. The van der Waals surface area contributed by atoms with Crippen molar-refractivity contribution in [3.05, 3.63) is 41.2 Å². The molecule has 0 fully saturated rings. The summed E-state index contributed by atoms with van der Waals surface area (Å²) < 4.78 is 37.2. The van der Waals surface area contributed by atoms with Gasteiger partial charge in [-0.1, -0.05) is 0 Å². The smallest absolute Gasteiger partial charge is 0.416 e. The standard InChI is InChI=1S/C14H13F3N2O3/c1-8(20)6-12(21)11(7-18)13(22)19-10-4-2-9(3-5-10)14(15,16)17/h2-5,8,20-21H,6H2,1H3,(H,19,22)/b12-11-/t8-/m1/s1. The average Bonchev–Trinajstić information content (AvgIpc) is 2.38. The second kappa shape index (κ2) is 6.95. The Bertz CT molecular complexity index is 614. The van der Waals surface area contributed by atoms with Gasteiger partial charge >= 0.3 is 6.18 Å². The Morgan fingerprint density at radius 3 is 2.32 bits per heavy atom. The minimum Gasteiger partial charge on any atom is -0.511 e. The van der Waals surface area contributed by atoms with E-state index in [-0.39, 0.29) is 12.1 Å². The van der Waals surface area contributed by atoms with E-state index in [1.807, 2.05) is 0 Å². The molecule has 0 saturated carbocycles. The third-order valence-electron chi connectivity index (χ3n) is 2.59. The number of carbonyl (C=O) groups excluding carboxylic acids is 1. The summed E-state index contributed by atoms with van der Waals surface area (Å²) >= 11 is 0. The van der Waals surface area contributed by atoms with E-state index in [9.17, 15) is 23.1 Å². The van der Waals surface area contributed by atoms with Gasteiger partial charge in [-0.25, -0.2) is 0 Å². The summed E-state index contributed by atoms with van der Waals surface area (Å²) in [6, 6.07) is 5.11. The lowest BCUT2D eigenvalue weighted by molar-refractivity contribution is -0.137. The first-order valence-corrected chi connectivity index (χ1v) is 6.14. The molecule has 0 radical (unpaired) electrons. The number of anilines is 1. The van der Waals surface area contributed by atoms with Crippen molar-refractivity contribution in [2.24, 2.45) is 0 Å². The van der Waals surface area contributed by atoms with Crippen LogP contribution in [0.4, 0.5) is 18.9 Å². The highest BCUT2D eigenvalue weighted by atomic mass is 19.4. The lowest BCUT2D eigenvalue weighted by Crippen LogP contribution is -2.17. The number of halogens is 3. The number of rotatable bonds is 4. The van der Waals surface area contributed by atoms with Gasteiger partial charge in [-0.05, 0) is 31.2 Å². The van der Waals surface area contributed by atoms with Crippen molar-refractivity contribution in [1.82, 2.24) is 0 Å². The van der Waals surface area contributed by atoms with Gasteiger partial charge in [-0.2, -0.15) is 18.4 Å². The molecule has 0 heterocycles. The molecule has 0 aromatic heterocycles. The van der Waals surface area contributed by atoms with Gasteiger partial charge < -0.3 is 15.5 Å². The fourth-order valence-corrected chi connectivity index (χ4v) is 1.56. The van der Waals surface area contributed by atoms with Crippen molar-refractivity contribution < 1.29 is 28.2 Å². The minimum absolute atomic E-state index is 0.0376. The van der Waals surface area contributed by atoms with Crippen LogP contribution in [0, 0.1) is 11.3 Å². The Morgan fingerprint density at radius 2 is 1.91 bits per heavy atom. The van der Waals surface area contributed by atoms with Crippen molar-refractivity contribution in [3.8, 4) is 6.07 Å². The van der Waals surface area contributed by atoms with Crippen molar-refractivity contribution in [1.29, 1.82) is 5.26 Å². The maximum Gasteiger partial charge on any atom is 0.416 e. The van der Waals surface area contributed by atoms with Crippen molar-refractivity contribution in [2.75, 3.05) is 5.32 Å². The van der Waals surface area contributed by atoms with Gasteiger partial charge in [0, 0.05) is 12.1 Å². The van der Waals surface area contributed by atoms with Crippen LogP contribution in [0.2, 0.25) is 0 Å². The molecule has 0 aliphatic carbocycles. The molecule has 0 aliphatic rings. The van der Waals surface area contributed by atoms with Crippen molar-refractivity contribution in [3.63, 3.8) is 0 Å². The Labute approximate surface area is 124 Å². The number of hydrogen-bond donors (Lipinski definition) is 3. The second-order valence-corrected chi connectivity index (χ2v) is 4.52. The zero-order valence-corrected chi connectivity index (χ0v) is 11.5. The summed E-state index contributed by atoms with van der Waals surface area (Å²) in [5.41, 5.74) is -1.45. The Hall–Kier alpha value is -2.53. The number of amides is 1. The van der Waals surface area contributed by atoms with Crippen LogP contribution in [-0.4, -0.2) is 22.2 Å². The minimum atomic E-state index is -4.49. The SMILES string of the molecule is C[C@@H](O)C/C(O)=C(\C#N)C(=O)Nc1ccc(C(F)(F)F)cc1. The second-order valence-electron chi connectivity index (χ2n) is 4.52. The van der Waals surface area contributed by atoms with Gasteiger partial charge in [0.2, 0.25) is 0 Å². The normalized spacial score (nSPS) is 13.8. The molecule has 1 aromatic carbocycles. The molecular formula is C14H13F3N2O3. The van der Waals surface area contributed by atoms with Crippen LogP contribution in [0.1, 0.15) is 18.9 Å². The first-order valence-electron chi connectivity index (χ1n) is 6.14. The maximum atomic E-state index is 12.4. The molecule has 1 atom stereocenters. The topological polar surface area (TPSA) is 93.3 Å². The Morgan fingerprint density at radius 1 is 1.36 bits per heavy atom. The number of nitrogens with zero attached hydrogens (tertiary/aromatic N) is 1. The number of hydrogen-bond acceptors (Lipinski definition) is 4. The number of aliphatic hydroxyl groups is 2. The van der Waals surface area contributed by atoms with Crippen LogP contribution in [0.15, 0.2) is 35.6 Å². The summed E-state index contributed by atoms with van der Waals surface area (Å²) in [5, 5.41) is 29.7. The molecular weight excluding hydrogens is 301 g/mol. The molecule has 3 N–H and O–H groups in total. The summed E-state index contributed by atoms with van der Waals surface area (Å²) in [7, 11) is 0. The van der Waals surface area contributed by atoms with Crippen molar-refractivity contribution in [2.45, 2.75) is 25.6 Å². The molecule has 0 aliphatic heterocycles. The fraction of sp³-hybridized carbons (Fsp3) is 0.286. The van der Waals surface area contributed by atoms with Gasteiger partial charge in [0.1, 0.15) is 11.8 Å². The predicted molar refractivity (Wildman–Crippen MR) is 71.6 cm³/mol. The lowest BCUT2D eigenvalue weighted by Gasteiger charge is -2.09. The fourth-order valence-electron chi connectivity index (χ4n) is 1.56. The molecule has 22 heavy (non-hydrogen) atoms. The van der Waals surface area contributed by atoms with Gasteiger partial charge in [-0.3, -0.25) is 4.79 Å². The molecule has 0 spiro atoms. The number of nitriles is 1. The van der Waals surface area contributed by atoms with E-state index < -0.39 is 35.1 Å². The van der Waals surface area contributed by atoms with Gasteiger partial charge in [-0.15, -0.1) is 0 Å². The van der Waals surface area contributed by atoms with Gasteiger partial charge in [0.15, 0.2) is 5.57 Å². The summed E-state index contributed by atoms with van der Waals surface area (Å²) in [4.78, 5) is 11.8. The quantitative estimate of drug-likeness (QED) is 0.452. The van der Waals surface area contributed by atoms with E-state index >= 15 is 0 Å². The highest BCUT2D eigenvalue weighted by molar-refractivity contribution is 6.06. The molecule has 5 nitrogen and oxygen atoms in total. The van der Waals surface area contributed by atoms with Crippen LogP contribution in [0.5, 0.6) is 0 Å². The van der Waals surface area contributed by atoms with Crippen LogP contribution in [0.3, 0.4) is 0 Å². The third-order valence-corrected chi connectivity index (χ3v) is 2.59. The van der Waals surface area contributed by atoms with E-state index in [2.05, 4.69) is 5.32 Å². The first-order chi connectivity index (χ1) is 10.1. The zero-order chi connectivity index (χ0) is 16.9. The average molecular weight is 314 g/mol. The number of nitrogens with one attached hydrogen (secondary N) is 1. The van der Waals surface area contributed by atoms with E-state index in [0.29, 0.717) is 0 Å². The molecule has 0 unspecified atom stereocenters. The van der Waals surface area contributed by atoms with E-state index in [0.717, 1.165) is 24.3 Å². The zero-order valence-electron chi connectivity index (χ0n) is 11.5. The van der Waals surface area contributed by atoms with Crippen LogP contribution in [0.25, 0.3) is 0 Å². The van der Waals surface area contributed by atoms with Gasteiger partial charge in [0.25, 0.3) is 5.91 Å². The molecule has 0 saturated heterocycles. The number of alkyl halides is 3. The highest BCUT2D eigenvalue weighted by Gasteiger charge is 2.30. The van der Waals surface area contributed by atoms with Crippen LogP contribution >= 0.6 is 0 Å². The largest absolute Gasteiger partial charge is 0.511 e. The molecule has 8 heteroatoms. The Kier molecular flexibility index (Phi) is 5.54. The summed E-state index contributed by atoms with van der Waals surface area (Å²) in [6.45, 7) is 1.36. The number of carbonyl (C=O) groups is 1.